The van der Waals surface area contributed by atoms with Crippen molar-refractivity contribution in [2.45, 2.75) is 26.4 Å². The number of H-pyrrole nitrogens is 1. The van der Waals surface area contributed by atoms with Crippen molar-refractivity contribution in [2.24, 2.45) is 0 Å². The van der Waals surface area contributed by atoms with Crippen molar-refractivity contribution in [2.75, 3.05) is 6.54 Å². The van der Waals surface area contributed by atoms with Gasteiger partial charge in [0, 0.05) is 47.4 Å². The lowest BCUT2D eigenvalue weighted by Crippen LogP contribution is -2.31. The van der Waals surface area contributed by atoms with Gasteiger partial charge >= 0.3 is 0 Å². The summed E-state index contributed by atoms with van der Waals surface area (Å²) in [6, 6.07) is 6.40. The second kappa shape index (κ2) is 5.48. The molecule has 0 saturated carbocycles. The lowest BCUT2D eigenvalue weighted by molar-refractivity contribution is 0.241. The molecule has 1 aromatic carbocycles. The third kappa shape index (κ3) is 2.55. The molecule has 4 rings (SSSR count). The van der Waals surface area contributed by atoms with E-state index < -0.39 is 0 Å². The Labute approximate surface area is 137 Å². The Bertz CT molecular complexity index is 840. The van der Waals surface area contributed by atoms with Gasteiger partial charge in [0.2, 0.25) is 0 Å². The molecule has 0 amide bonds. The van der Waals surface area contributed by atoms with Crippen molar-refractivity contribution in [3.8, 4) is 0 Å². The van der Waals surface area contributed by atoms with Gasteiger partial charge < -0.3 is 4.98 Å². The third-order valence-corrected chi connectivity index (χ3v) is 4.76. The molecule has 4 nitrogen and oxygen atoms in total. The van der Waals surface area contributed by atoms with Crippen molar-refractivity contribution in [3.63, 3.8) is 0 Å². The number of aromatic nitrogens is 3. The number of nitrogens with one attached hydrogen (secondary N) is 1. The van der Waals surface area contributed by atoms with Gasteiger partial charge in [-0.25, -0.2) is 9.97 Å². The summed E-state index contributed by atoms with van der Waals surface area (Å²) < 4.78 is 1.10. The molecule has 0 saturated heterocycles. The van der Waals surface area contributed by atoms with Crippen LogP contribution in [-0.4, -0.2) is 26.4 Å². The largest absolute Gasteiger partial charge is 0.361 e. The Kier molecular flexibility index (Phi) is 3.47. The van der Waals surface area contributed by atoms with E-state index in [4.69, 9.17) is 0 Å². The van der Waals surface area contributed by atoms with E-state index in [-0.39, 0.29) is 0 Å². The van der Waals surface area contributed by atoms with E-state index in [0.29, 0.717) is 0 Å². The molecule has 22 heavy (non-hydrogen) atoms. The van der Waals surface area contributed by atoms with Crippen LogP contribution < -0.4 is 0 Å². The second-order valence-corrected chi connectivity index (χ2v) is 6.77. The summed E-state index contributed by atoms with van der Waals surface area (Å²) in [4.78, 5) is 14.7. The Balaban J connectivity index is 1.58. The molecule has 0 atom stereocenters. The first-order chi connectivity index (χ1) is 10.7. The van der Waals surface area contributed by atoms with Crippen molar-refractivity contribution in [1.82, 2.24) is 19.9 Å². The normalized spacial score (nSPS) is 15.2. The molecule has 5 heteroatoms. The fourth-order valence-corrected chi connectivity index (χ4v) is 3.48. The zero-order valence-corrected chi connectivity index (χ0v) is 14.0. The summed E-state index contributed by atoms with van der Waals surface area (Å²) >= 11 is 3.52. The van der Waals surface area contributed by atoms with Gasteiger partial charge in [-0.1, -0.05) is 22.0 Å². The standard InChI is InChI=1S/C17H17BrN4/c1-11-19-7-12-4-5-22(10-17(12)21-11)9-13-8-20-16-6-14(18)2-3-15(13)16/h2-3,6-8,20H,4-5,9-10H2,1H3. The van der Waals surface area contributed by atoms with E-state index in [9.17, 15) is 0 Å². The molecule has 0 bridgehead atoms. The smallest absolute Gasteiger partial charge is 0.125 e. The predicted octanol–water partition coefficient (Wildman–Crippen LogP) is 3.59. The maximum Gasteiger partial charge on any atom is 0.125 e. The average Bonchev–Trinajstić information content (AvgIpc) is 2.89. The Morgan fingerprint density at radius 2 is 2.27 bits per heavy atom. The summed E-state index contributed by atoms with van der Waals surface area (Å²) in [6.07, 6.45) is 5.14. The predicted molar refractivity (Wildman–Crippen MR) is 90.6 cm³/mol. The minimum absolute atomic E-state index is 0.859. The number of nitrogens with zero attached hydrogens (tertiary/aromatic N) is 3. The highest BCUT2D eigenvalue weighted by molar-refractivity contribution is 9.10. The first kappa shape index (κ1) is 13.9. The van der Waals surface area contributed by atoms with Crippen LogP contribution in [0.1, 0.15) is 22.6 Å². The van der Waals surface area contributed by atoms with E-state index in [1.54, 1.807) is 0 Å². The van der Waals surface area contributed by atoms with Crippen molar-refractivity contribution < 1.29 is 0 Å². The van der Waals surface area contributed by atoms with Crippen LogP contribution in [0.4, 0.5) is 0 Å². The van der Waals surface area contributed by atoms with Crippen LogP contribution in [0.2, 0.25) is 0 Å². The van der Waals surface area contributed by atoms with Crippen molar-refractivity contribution in [3.05, 3.63) is 57.7 Å². The fraction of sp³-hybridized carbons (Fsp3) is 0.294. The molecule has 1 aliphatic heterocycles. The maximum absolute atomic E-state index is 4.60. The molecule has 0 radical (unpaired) electrons. The number of aryl methyl sites for hydroxylation is 1. The van der Waals surface area contributed by atoms with Gasteiger partial charge in [-0.15, -0.1) is 0 Å². The molecule has 0 aliphatic carbocycles. The highest BCUT2D eigenvalue weighted by atomic mass is 79.9. The minimum atomic E-state index is 0.859. The lowest BCUT2D eigenvalue weighted by Gasteiger charge is -2.27. The highest BCUT2D eigenvalue weighted by Gasteiger charge is 2.19. The molecule has 112 valence electrons. The zero-order valence-electron chi connectivity index (χ0n) is 12.4. The first-order valence-corrected chi connectivity index (χ1v) is 8.27. The summed E-state index contributed by atoms with van der Waals surface area (Å²) in [5.74, 6) is 0.859. The Morgan fingerprint density at radius 1 is 1.36 bits per heavy atom. The van der Waals surface area contributed by atoms with E-state index in [1.165, 1.54) is 27.7 Å². The van der Waals surface area contributed by atoms with Crippen LogP contribution in [0, 0.1) is 6.92 Å². The SMILES string of the molecule is Cc1ncc2c(n1)CN(Cc1c[nH]c3cc(Br)ccc13)CC2. The molecule has 1 aliphatic rings. The monoisotopic (exact) mass is 356 g/mol. The van der Waals surface area contributed by atoms with E-state index in [0.717, 1.165) is 36.4 Å². The van der Waals surface area contributed by atoms with Gasteiger partial charge in [0.1, 0.15) is 5.82 Å². The topological polar surface area (TPSA) is 44.8 Å². The Hall–Kier alpha value is -1.72. The first-order valence-electron chi connectivity index (χ1n) is 7.48. The molecule has 3 heterocycles. The fourth-order valence-electron chi connectivity index (χ4n) is 3.12. The third-order valence-electron chi connectivity index (χ3n) is 4.27. The summed E-state index contributed by atoms with van der Waals surface area (Å²) in [7, 11) is 0. The minimum Gasteiger partial charge on any atom is -0.361 e. The van der Waals surface area contributed by atoms with Crippen LogP contribution in [-0.2, 0) is 19.5 Å². The van der Waals surface area contributed by atoms with Crippen LogP contribution >= 0.6 is 15.9 Å². The average molecular weight is 357 g/mol. The second-order valence-electron chi connectivity index (χ2n) is 5.85. The number of rotatable bonds is 2. The molecule has 3 aromatic rings. The molecular formula is C17H17BrN4. The number of aromatic amines is 1. The number of hydrogen-bond acceptors (Lipinski definition) is 3. The number of hydrogen-bond donors (Lipinski definition) is 1. The van der Waals surface area contributed by atoms with Crippen LogP contribution in [0.25, 0.3) is 10.9 Å². The van der Waals surface area contributed by atoms with Gasteiger partial charge in [-0.05, 0) is 36.6 Å². The molecular weight excluding hydrogens is 340 g/mol. The van der Waals surface area contributed by atoms with Crippen molar-refractivity contribution >= 4 is 26.8 Å². The quantitative estimate of drug-likeness (QED) is 0.762. The number of fused-ring (bicyclic) bond motifs is 2. The van der Waals surface area contributed by atoms with Gasteiger partial charge in [-0.2, -0.15) is 0 Å². The zero-order chi connectivity index (χ0) is 15.1. The van der Waals surface area contributed by atoms with Gasteiger partial charge in [0.25, 0.3) is 0 Å². The summed E-state index contributed by atoms with van der Waals surface area (Å²) in [6.45, 7) is 4.87. The molecule has 0 fully saturated rings. The molecule has 1 N–H and O–H groups in total. The van der Waals surface area contributed by atoms with E-state index >= 15 is 0 Å². The van der Waals surface area contributed by atoms with Crippen LogP contribution in [0.3, 0.4) is 0 Å². The summed E-state index contributed by atoms with van der Waals surface area (Å²) in [5, 5.41) is 1.30. The number of halogens is 1. The Morgan fingerprint density at radius 3 is 3.18 bits per heavy atom. The van der Waals surface area contributed by atoms with Gasteiger partial charge in [0.15, 0.2) is 0 Å². The molecule has 0 spiro atoms. The van der Waals surface area contributed by atoms with Crippen LogP contribution in [0.5, 0.6) is 0 Å². The molecule has 2 aromatic heterocycles. The number of benzene rings is 1. The van der Waals surface area contributed by atoms with Crippen molar-refractivity contribution in [1.29, 1.82) is 0 Å². The van der Waals surface area contributed by atoms with E-state index in [1.807, 2.05) is 13.1 Å². The highest BCUT2D eigenvalue weighted by Crippen LogP contribution is 2.25. The summed E-state index contributed by atoms with van der Waals surface area (Å²) in [5.41, 5.74) is 5.00. The van der Waals surface area contributed by atoms with E-state index in [2.05, 4.69) is 60.2 Å². The lowest BCUT2D eigenvalue weighted by atomic mass is 10.1. The van der Waals surface area contributed by atoms with Crippen LogP contribution in [0.15, 0.2) is 35.1 Å². The van der Waals surface area contributed by atoms with Gasteiger partial charge in [-0.3, -0.25) is 4.90 Å². The molecule has 0 unspecified atom stereocenters. The maximum atomic E-state index is 4.60. The van der Waals surface area contributed by atoms with Gasteiger partial charge in [0.05, 0.1) is 5.69 Å².